The molecule has 0 heteroatoms. The molecule has 4 atom stereocenters. The second kappa shape index (κ2) is 13.3. The van der Waals surface area contributed by atoms with Gasteiger partial charge in [-0.15, -0.1) is 0 Å². The predicted octanol–water partition coefficient (Wildman–Crippen LogP) is 10.5. The molecular weight excluding hydrogens is 408 g/mol. The van der Waals surface area contributed by atoms with Gasteiger partial charge in [-0.2, -0.15) is 0 Å². The van der Waals surface area contributed by atoms with E-state index >= 15 is 0 Å². The molecule has 0 amide bonds. The van der Waals surface area contributed by atoms with Crippen molar-refractivity contribution >= 4 is 0 Å². The highest BCUT2D eigenvalue weighted by atomic mass is 14.4. The number of hydrogen-bond donors (Lipinski definition) is 0. The van der Waals surface area contributed by atoms with Crippen LogP contribution in [0.1, 0.15) is 114 Å². The molecule has 184 valence electrons. The molecule has 0 heterocycles. The summed E-state index contributed by atoms with van der Waals surface area (Å²) in [6.45, 7) is 4.41. The lowest BCUT2D eigenvalue weighted by atomic mass is 9.63. The first-order valence-corrected chi connectivity index (χ1v) is 14.6. The van der Waals surface area contributed by atoms with Crippen LogP contribution < -0.4 is 0 Å². The van der Waals surface area contributed by atoms with Crippen molar-refractivity contribution in [1.82, 2.24) is 0 Å². The van der Waals surface area contributed by atoms with Crippen LogP contribution in [0, 0.1) is 17.8 Å². The summed E-state index contributed by atoms with van der Waals surface area (Å²) in [6.07, 6.45) is 24.2. The lowest BCUT2D eigenvalue weighted by molar-refractivity contribution is 0.113. The predicted molar refractivity (Wildman–Crippen MR) is 149 cm³/mol. The molecule has 2 aliphatic rings. The number of aryl methyl sites for hydroxylation is 1. The molecule has 0 aromatic heterocycles. The molecule has 0 nitrogen and oxygen atoms in total. The molecule has 2 aromatic rings. The average molecular weight is 457 g/mol. The number of benzene rings is 2. The first-order chi connectivity index (χ1) is 16.8. The molecular formula is C34H48. The molecule has 4 rings (SSSR count). The van der Waals surface area contributed by atoms with Gasteiger partial charge in [-0.25, -0.2) is 0 Å². The van der Waals surface area contributed by atoms with Gasteiger partial charge in [0.2, 0.25) is 0 Å². The number of allylic oxidation sites excluding steroid dienone is 2. The Balaban J connectivity index is 1.25. The zero-order valence-corrected chi connectivity index (χ0v) is 22.0. The number of unbranched alkanes of at least 4 members (excludes halogenated alkanes) is 4. The Hall–Kier alpha value is -1.82. The zero-order valence-electron chi connectivity index (χ0n) is 22.0. The zero-order chi connectivity index (χ0) is 23.6. The van der Waals surface area contributed by atoms with Crippen LogP contribution in [0.5, 0.6) is 0 Å². The summed E-state index contributed by atoms with van der Waals surface area (Å²) in [7, 11) is 0. The van der Waals surface area contributed by atoms with E-state index in [0.717, 1.165) is 36.5 Å². The maximum absolute atomic E-state index is 2.43. The van der Waals surface area contributed by atoms with E-state index < -0.39 is 0 Å². The largest absolute Gasteiger partial charge is 0.0917 e. The van der Waals surface area contributed by atoms with Gasteiger partial charge in [0.15, 0.2) is 0 Å². The summed E-state index contributed by atoms with van der Waals surface area (Å²) in [5.41, 5.74) is 5.72. The summed E-state index contributed by atoms with van der Waals surface area (Å²) in [5.74, 6) is 3.84. The second-order valence-electron chi connectivity index (χ2n) is 11.3. The molecule has 2 aromatic carbocycles. The van der Waals surface area contributed by atoms with Crippen LogP contribution >= 0.6 is 0 Å². The van der Waals surface area contributed by atoms with Crippen molar-refractivity contribution in [2.24, 2.45) is 17.8 Å². The minimum atomic E-state index is 0.787. The molecule has 0 spiro atoms. The Bertz CT molecular complexity index is 856. The van der Waals surface area contributed by atoms with Crippen LogP contribution in [0.3, 0.4) is 0 Å². The van der Waals surface area contributed by atoms with E-state index in [9.17, 15) is 0 Å². The van der Waals surface area contributed by atoms with Gasteiger partial charge in [0, 0.05) is 0 Å². The van der Waals surface area contributed by atoms with Crippen LogP contribution in [-0.4, -0.2) is 0 Å². The van der Waals surface area contributed by atoms with E-state index in [2.05, 4.69) is 74.5 Å². The number of fused-ring (bicyclic) bond motifs is 1. The maximum Gasteiger partial charge on any atom is -0.0159 e. The Labute approximate surface area is 210 Å². The third kappa shape index (κ3) is 7.10. The Morgan fingerprint density at radius 2 is 1.41 bits per heavy atom. The fourth-order valence-electron chi connectivity index (χ4n) is 6.82. The van der Waals surface area contributed by atoms with Gasteiger partial charge >= 0.3 is 0 Å². The van der Waals surface area contributed by atoms with Crippen molar-refractivity contribution < 1.29 is 0 Å². The minimum Gasteiger partial charge on any atom is -0.0917 e. The van der Waals surface area contributed by atoms with E-state index in [0.29, 0.717) is 0 Å². The van der Waals surface area contributed by atoms with E-state index in [1.165, 1.54) is 93.7 Å². The molecule has 0 aliphatic heterocycles. The van der Waals surface area contributed by atoms with Crippen molar-refractivity contribution in [2.45, 2.75) is 110 Å². The quantitative estimate of drug-likeness (QED) is 0.233. The smallest absolute Gasteiger partial charge is 0.0159 e. The van der Waals surface area contributed by atoms with Gasteiger partial charge in [-0.1, -0.05) is 113 Å². The topological polar surface area (TPSA) is 0 Å². The Morgan fingerprint density at radius 3 is 2.15 bits per heavy atom. The van der Waals surface area contributed by atoms with Crippen molar-refractivity contribution in [3.63, 3.8) is 0 Å². The summed E-state index contributed by atoms with van der Waals surface area (Å²) in [5, 5.41) is 0. The highest BCUT2D eigenvalue weighted by Crippen LogP contribution is 2.48. The van der Waals surface area contributed by atoms with Gasteiger partial charge in [0.05, 0.1) is 0 Å². The molecule has 0 bridgehead atoms. The lowest BCUT2D eigenvalue weighted by Gasteiger charge is -2.42. The summed E-state index contributed by atoms with van der Waals surface area (Å²) >= 11 is 0. The third-order valence-corrected chi connectivity index (χ3v) is 8.94. The fourth-order valence-corrected chi connectivity index (χ4v) is 6.82. The number of rotatable bonds is 11. The van der Waals surface area contributed by atoms with Gasteiger partial charge < -0.3 is 0 Å². The lowest BCUT2D eigenvalue weighted by Crippen LogP contribution is -2.30. The second-order valence-corrected chi connectivity index (χ2v) is 11.3. The Kier molecular flexibility index (Phi) is 9.90. The highest BCUT2D eigenvalue weighted by molar-refractivity contribution is 5.64. The molecule has 0 saturated heterocycles. The molecule has 34 heavy (non-hydrogen) atoms. The summed E-state index contributed by atoms with van der Waals surface area (Å²) < 4.78 is 0. The molecule has 0 radical (unpaired) electrons. The maximum atomic E-state index is 2.43. The van der Waals surface area contributed by atoms with Crippen molar-refractivity contribution in [2.75, 3.05) is 0 Å². The van der Waals surface area contributed by atoms with Crippen molar-refractivity contribution in [3.05, 3.63) is 71.8 Å². The van der Waals surface area contributed by atoms with E-state index in [-0.39, 0.29) is 0 Å². The normalized spacial score (nSPS) is 24.9. The van der Waals surface area contributed by atoms with Crippen LogP contribution in [-0.2, 0) is 6.42 Å². The van der Waals surface area contributed by atoms with Gasteiger partial charge in [0.25, 0.3) is 0 Å². The first kappa shape index (κ1) is 25.3. The molecule has 2 aliphatic carbocycles. The van der Waals surface area contributed by atoms with Crippen molar-refractivity contribution in [3.8, 4) is 11.1 Å². The monoisotopic (exact) mass is 456 g/mol. The molecule has 0 N–H and O–H groups in total. The van der Waals surface area contributed by atoms with Crippen LogP contribution in [0.4, 0.5) is 0 Å². The SMILES string of the molecule is C/C=C/CCc1ccc(-c2ccc([C@@H]3CC[C@@H]4CC(CCCCCCC)CC[C@@H]4C3)cc2)cc1. The summed E-state index contributed by atoms with van der Waals surface area (Å²) in [6, 6.07) is 18.8. The number of hydrogen-bond acceptors (Lipinski definition) is 0. The minimum absolute atomic E-state index is 0.787. The van der Waals surface area contributed by atoms with E-state index in [4.69, 9.17) is 0 Å². The first-order valence-electron chi connectivity index (χ1n) is 14.6. The third-order valence-electron chi connectivity index (χ3n) is 8.94. The highest BCUT2D eigenvalue weighted by Gasteiger charge is 2.35. The van der Waals surface area contributed by atoms with Crippen LogP contribution in [0.2, 0.25) is 0 Å². The Morgan fingerprint density at radius 1 is 0.735 bits per heavy atom. The average Bonchev–Trinajstić information content (AvgIpc) is 2.89. The van der Waals surface area contributed by atoms with Crippen LogP contribution in [0.25, 0.3) is 11.1 Å². The van der Waals surface area contributed by atoms with Crippen molar-refractivity contribution in [1.29, 1.82) is 0 Å². The van der Waals surface area contributed by atoms with Gasteiger partial charge in [-0.3, -0.25) is 0 Å². The molecule has 1 unspecified atom stereocenters. The fraction of sp³-hybridized carbons (Fsp3) is 0.588. The van der Waals surface area contributed by atoms with Gasteiger partial charge in [0.1, 0.15) is 0 Å². The summed E-state index contributed by atoms with van der Waals surface area (Å²) in [4.78, 5) is 0. The van der Waals surface area contributed by atoms with E-state index in [1.54, 1.807) is 5.56 Å². The van der Waals surface area contributed by atoms with E-state index in [1.807, 2.05) is 0 Å². The standard InChI is InChI=1S/C34H48/c1-3-5-7-8-10-12-28-15-18-34-26-33(24-23-32(34)25-28)31-21-19-30(20-22-31)29-16-13-27(14-17-29)11-9-6-4-2/h4,6,13-14,16-17,19-22,28,32-34H,3,5,7-12,15,18,23-26H2,1-2H3/b6-4+/t28?,32-,33-,34-/m1/s1. The van der Waals surface area contributed by atoms with Crippen LogP contribution in [0.15, 0.2) is 60.7 Å². The molecule has 2 saturated carbocycles. The van der Waals surface area contributed by atoms with Gasteiger partial charge in [-0.05, 0) is 97.8 Å². The molecule has 2 fully saturated rings.